The molecule has 5 heteroatoms. The van der Waals surface area contributed by atoms with Gasteiger partial charge >= 0.3 is 0 Å². The van der Waals surface area contributed by atoms with Gasteiger partial charge in [0.1, 0.15) is 0 Å². The van der Waals surface area contributed by atoms with Crippen LogP contribution in [0, 0.1) is 0 Å². The van der Waals surface area contributed by atoms with E-state index in [-0.39, 0.29) is 11.8 Å². The second-order valence-corrected chi connectivity index (χ2v) is 6.40. The maximum Gasteiger partial charge on any atom is 0.251 e. The highest BCUT2D eigenvalue weighted by molar-refractivity contribution is 7.09. The Morgan fingerprint density at radius 3 is 2.62 bits per heavy atom. The molecule has 0 spiro atoms. The van der Waals surface area contributed by atoms with Crippen LogP contribution in [0.3, 0.4) is 0 Å². The SMILES string of the molecule is C=CCN(Cc1cccs1)C(=O)CCCNC(=O)c1ccccc1. The number of thiophene rings is 1. The molecule has 4 nitrogen and oxygen atoms in total. The highest BCUT2D eigenvalue weighted by atomic mass is 32.1. The van der Waals surface area contributed by atoms with Crippen LogP contribution in [0.5, 0.6) is 0 Å². The van der Waals surface area contributed by atoms with Gasteiger partial charge in [-0.15, -0.1) is 17.9 Å². The third-order valence-corrected chi connectivity index (χ3v) is 4.38. The largest absolute Gasteiger partial charge is 0.352 e. The highest BCUT2D eigenvalue weighted by Gasteiger charge is 2.13. The van der Waals surface area contributed by atoms with Crippen LogP contribution in [-0.4, -0.2) is 29.8 Å². The van der Waals surface area contributed by atoms with Crippen LogP contribution in [0.4, 0.5) is 0 Å². The van der Waals surface area contributed by atoms with Crippen LogP contribution in [0.1, 0.15) is 28.1 Å². The Balaban J connectivity index is 1.74. The van der Waals surface area contributed by atoms with E-state index in [4.69, 9.17) is 0 Å². The van der Waals surface area contributed by atoms with Crippen LogP contribution in [0.25, 0.3) is 0 Å². The van der Waals surface area contributed by atoms with E-state index >= 15 is 0 Å². The Kier molecular flexibility index (Phi) is 7.23. The molecule has 24 heavy (non-hydrogen) atoms. The molecular weight excluding hydrogens is 320 g/mol. The quantitative estimate of drug-likeness (QED) is 0.560. The molecule has 1 heterocycles. The number of carbonyl (C=O) groups excluding carboxylic acids is 2. The monoisotopic (exact) mass is 342 g/mol. The fourth-order valence-corrected chi connectivity index (χ4v) is 3.01. The molecule has 0 aliphatic carbocycles. The lowest BCUT2D eigenvalue weighted by Gasteiger charge is -2.20. The van der Waals surface area contributed by atoms with Crippen molar-refractivity contribution in [2.24, 2.45) is 0 Å². The van der Waals surface area contributed by atoms with Crippen molar-refractivity contribution in [1.82, 2.24) is 10.2 Å². The van der Waals surface area contributed by atoms with Gasteiger partial charge < -0.3 is 10.2 Å². The molecule has 2 aromatic rings. The summed E-state index contributed by atoms with van der Waals surface area (Å²) in [7, 11) is 0. The van der Waals surface area contributed by atoms with Crippen LogP contribution >= 0.6 is 11.3 Å². The molecule has 0 saturated carbocycles. The number of hydrogen-bond donors (Lipinski definition) is 1. The van der Waals surface area contributed by atoms with Gasteiger partial charge in [0.15, 0.2) is 0 Å². The average molecular weight is 342 g/mol. The smallest absolute Gasteiger partial charge is 0.251 e. The maximum atomic E-state index is 12.3. The molecule has 0 aliphatic rings. The minimum Gasteiger partial charge on any atom is -0.352 e. The molecule has 0 bridgehead atoms. The summed E-state index contributed by atoms with van der Waals surface area (Å²) in [6.45, 7) is 5.35. The number of hydrogen-bond acceptors (Lipinski definition) is 3. The lowest BCUT2D eigenvalue weighted by Crippen LogP contribution is -2.31. The van der Waals surface area contributed by atoms with Gasteiger partial charge in [0, 0.05) is 30.0 Å². The molecule has 2 rings (SSSR count). The Bertz CT molecular complexity index is 653. The first-order chi connectivity index (χ1) is 11.7. The Morgan fingerprint density at radius 1 is 1.17 bits per heavy atom. The first kappa shape index (κ1) is 17.9. The molecular formula is C19H22N2O2S. The molecule has 0 saturated heterocycles. The lowest BCUT2D eigenvalue weighted by molar-refractivity contribution is -0.131. The minimum absolute atomic E-state index is 0.0808. The molecule has 2 amide bonds. The fraction of sp³-hybridized carbons (Fsp3) is 0.263. The Labute approximate surface area is 146 Å². The van der Waals surface area contributed by atoms with Crippen molar-refractivity contribution >= 4 is 23.2 Å². The average Bonchev–Trinajstić information content (AvgIpc) is 3.12. The van der Waals surface area contributed by atoms with Crippen LogP contribution in [-0.2, 0) is 11.3 Å². The molecule has 0 radical (unpaired) electrons. The molecule has 1 N–H and O–H groups in total. The number of carbonyl (C=O) groups is 2. The first-order valence-electron chi connectivity index (χ1n) is 7.95. The normalized spacial score (nSPS) is 10.2. The van der Waals surface area contributed by atoms with Gasteiger partial charge in [-0.25, -0.2) is 0 Å². The summed E-state index contributed by atoms with van der Waals surface area (Å²) in [5, 5.41) is 4.85. The van der Waals surface area contributed by atoms with Crippen molar-refractivity contribution < 1.29 is 9.59 Å². The summed E-state index contributed by atoms with van der Waals surface area (Å²) in [4.78, 5) is 27.2. The molecule has 0 unspecified atom stereocenters. The van der Waals surface area contributed by atoms with Gasteiger partial charge in [0.05, 0.1) is 6.54 Å². The number of nitrogens with zero attached hydrogens (tertiary/aromatic N) is 1. The van der Waals surface area contributed by atoms with Gasteiger partial charge in [-0.05, 0) is 30.0 Å². The van der Waals surface area contributed by atoms with Crippen LogP contribution in [0.15, 0.2) is 60.5 Å². The van der Waals surface area contributed by atoms with E-state index < -0.39 is 0 Å². The van der Waals surface area contributed by atoms with Crippen molar-refractivity contribution in [3.63, 3.8) is 0 Å². The number of amides is 2. The van der Waals surface area contributed by atoms with E-state index in [0.29, 0.717) is 38.0 Å². The van der Waals surface area contributed by atoms with E-state index in [2.05, 4.69) is 11.9 Å². The second kappa shape index (κ2) is 9.67. The number of nitrogens with one attached hydrogen (secondary N) is 1. The second-order valence-electron chi connectivity index (χ2n) is 5.37. The summed E-state index contributed by atoms with van der Waals surface area (Å²) >= 11 is 1.64. The van der Waals surface area contributed by atoms with Gasteiger partial charge in [0.25, 0.3) is 5.91 Å². The third-order valence-electron chi connectivity index (χ3n) is 3.52. The van der Waals surface area contributed by atoms with E-state index in [1.165, 1.54) is 0 Å². The molecule has 1 aromatic heterocycles. The van der Waals surface area contributed by atoms with E-state index in [1.807, 2.05) is 35.7 Å². The van der Waals surface area contributed by atoms with E-state index in [1.54, 1.807) is 34.4 Å². The summed E-state index contributed by atoms with van der Waals surface area (Å²) in [5.41, 5.74) is 0.634. The van der Waals surface area contributed by atoms with Gasteiger partial charge in [0.2, 0.25) is 5.91 Å². The molecule has 126 valence electrons. The summed E-state index contributed by atoms with van der Waals surface area (Å²) < 4.78 is 0. The number of rotatable bonds is 9. The van der Waals surface area contributed by atoms with E-state index in [0.717, 1.165) is 4.88 Å². The highest BCUT2D eigenvalue weighted by Crippen LogP contribution is 2.13. The Hall–Kier alpha value is -2.40. The standard InChI is InChI=1S/C19H22N2O2S/c1-2-13-21(15-17-10-7-14-24-17)18(22)11-6-12-20-19(23)16-8-4-3-5-9-16/h2-5,7-10,14H,1,6,11-13,15H2,(H,20,23). The number of benzene rings is 1. The zero-order valence-corrected chi connectivity index (χ0v) is 14.4. The molecule has 0 atom stereocenters. The van der Waals surface area contributed by atoms with Crippen LogP contribution in [0.2, 0.25) is 0 Å². The third kappa shape index (κ3) is 5.66. The molecule has 0 aliphatic heterocycles. The fourth-order valence-electron chi connectivity index (χ4n) is 2.29. The van der Waals surface area contributed by atoms with Crippen molar-refractivity contribution in [2.75, 3.05) is 13.1 Å². The molecule has 1 aromatic carbocycles. The van der Waals surface area contributed by atoms with Crippen molar-refractivity contribution in [2.45, 2.75) is 19.4 Å². The van der Waals surface area contributed by atoms with Crippen molar-refractivity contribution in [3.8, 4) is 0 Å². The van der Waals surface area contributed by atoms with Gasteiger partial charge in [-0.1, -0.05) is 30.3 Å². The minimum atomic E-state index is -0.107. The Morgan fingerprint density at radius 2 is 1.96 bits per heavy atom. The summed E-state index contributed by atoms with van der Waals surface area (Å²) in [6, 6.07) is 13.1. The van der Waals surface area contributed by atoms with Crippen molar-refractivity contribution in [3.05, 3.63) is 70.9 Å². The van der Waals surface area contributed by atoms with Gasteiger partial charge in [-0.2, -0.15) is 0 Å². The summed E-state index contributed by atoms with van der Waals surface area (Å²) in [6.07, 6.45) is 2.77. The zero-order valence-electron chi connectivity index (χ0n) is 13.6. The first-order valence-corrected chi connectivity index (χ1v) is 8.83. The predicted molar refractivity (Wildman–Crippen MR) is 97.9 cm³/mol. The van der Waals surface area contributed by atoms with Crippen molar-refractivity contribution in [1.29, 1.82) is 0 Å². The topological polar surface area (TPSA) is 49.4 Å². The van der Waals surface area contributed by atoms with Gasteiger partial charge in [-0.3, -0.25) is 9.59 Å². The predicted octanol–water partition coefficient (Wildman–Crippen LogP) is 3.47. The lowest BCUT2D eigenvalue weighted by atomic mass is 10.2. The zero-order chi connectivity index (χ0) is 17.2. The maximum absolute atomic E-state index is 12.3. The molecule has 0 fully saturated rings. The van der Waals surface area contributed by atoms with E-state index in [9.17, 15) is 9.59 Å². The van der Waals surface area contributed by atoms with Crippen LogP contribution < -0.4 is 5.32 Å². The summed E-state index contributed by atoms with van der Waals surface area (Å²) in [5.74, 6) is -0.0261.